The number of nitrogens with one attached hydrogen (secondary N) is 1. The first-order valence-corrected chi connectivity index (χ1v) is 9.74. The summed E-state index contributed by atoms with van der Waals surface area (Å²) in [5, 5.41) is 2.98. The third-order valence-corrected chi connectivity index (χ3v) is 5.32. The highest BCUT2D eigenvalue weighted by molar-refractivity contribution is 5.99. The van der Waals surface area contributed by atoms with Gasteiger partial charge in [-0.3, -0.25) is 9.59 Å². The number of aryl methyl sites for hydroxylation is 1. The number of rotatable bonds is 4. The molecular weight excluding hydrogens is 368 g/mol. The Morgan fingerprint density at radius 2 is 1.90 bits per heavy atom. The van der Waals surface area contributed by atoms with Crippen molar-refractivity contribution in [2.45, 2.75) is 19.9 Å². The van der Waals surface area contributed by atoms with Crippen LogP contribution in [0, 0.1) is 6.92 Å². The summed E-state index contributed by atoms with van der Waals surface area (Å²) in [6.45, 7) is 6.02. The molecule has 0 bridgehead atoms. The normalized spacial score (nSPS) is 15.3. The molecule has 7 nitrogen and oxygen atoms in total. The van der Waals surface area contributed by atoms with Crippen molar-refractivity contribution in [1.82, 2.24) is 14.5 Å². The van der Waals surface area contributed by atoms with Gasteiger partial charge in [-0.2, -0.15) is 0 Å². The van der Waals surface area contributed by atoms with E-state index in [0.29, 0.717) is 37.6 Å². The van der Waals surface area contributed by atoms with Gasteiger partial charge in [0.1, 0.15) is 6.04 Å². The van der Waals surface area contributed by atoms with Crippen LogP contribution in [0.1, 0.15) is 28.9 Å². The smallest absolute Gasteiger partial charge is 0.254 e. The van der Waals surface area contributed by atoms with Crippen LogP contribution in [-0.2, 0) is 9.53 Å². The van der Waals surface area contributed by atoms with E-state index in [9.17, 15) is 9.59 Å². The third kappa shape index (κ3) is 3.86. The summed E-state index contributed by atoms with van der Waals surface area (Å²) in [6, 6.07) is 12.7. The van der Waals surface area contributed by atoms with E-state index >= 15 is 0 Å². The molecule has 0 aliphatic carbocycles. The van der Waals surface area contributed by atoms with Crippen molar-refractivity contribution in [1.29, 1.82) is 0 Å². The number of imidazole rings is 1. The number of fused-ring (bicyclic) bond motifs is 1. The number of ether oxygens (including phenoxy) is 1. The van der Waals surface area contributed by atoms with Crippen LogP contribution in [0.5, 0.6) is 0 Å². The van der Waals surface area contributed by atoms with Crippen molar-refractivity contribution in [3.63, 3.8) is 0 Å². The molecule has 150 valence electrons. The molecule has 1 aromatic heterocycles. The maximum Gasteiger partial charge on any atom is 0.254 e. The van der Waals surface area contributed by atoms with Crippen molar-refractivity contribution < 1.29 is 14.3 Å². The maximum atomic E-state index is 12.9. The Labute approximate surface area is 169 Å². The minimum atomic E-state index is -0.444. The molecule has 3 aromatic rings. The number of amides is 2. The first-order chi connectivity index (χ1) is 14.0. The summed E-state index contributed by atoms with van der Waals surface area (Å²) >= 11 is 0. The fourth-order valence-electron chi connectivity index (χ4n) is 3.49. The Balaban J connectivity index is 1.53. The standard InChI is InChI=1S/C22H24N4O3/c1-15-7-8-17(22(28)25-9-11-29-12-10-25)13-19(15)24-21(27)16(2)26-14-23-18-5-3-4-6-20(18)26/h3-8,13-14,16H,9-12H2,1-2H3,(H,24,27). The van der Waals surface area contributed by atoms with Crippen LogP contribution in [-0.4, -0.2) is 52.6 Å². The highest BCUT2D eigenvalue weighted by Gasteiger charge is 2.21. The Bertz CT molecular complexity index is 1050. The molecule has 7 heteroatoms. The highest BCUT2D eigenvalue weighted by atomic mass is 16.5. The molecule has 1 atom stereocenters. The average molecular weight is 392 g/mol. The summed E-state index contributed by atoms with van der Waals surface area (Å²) in [7, 11) is 0. The molecule has 0 saturated carbocycles. The Morgan fingerprint density at radius 3 is 2.69 bits per heavy atom. The molecule has 0 spiro atoms. The summed E-state index contributed by atoms with van der Waals surface area (Å²) < 4.78 is 7.17. The van der Waals surface area contributed by atoms with Gasteiger partial charge in [-0.15, -0.1) is 0 Å². The zero-order chi connectivity index (χ0) is 20.4. The van der Waals surface area contributed by atoms with Crippen LogP contribution >= 0.6 is 0 Å². The van der Waals surface area contributed by atoms with Gasteiger partial charge in [0.2, 0.25) is 5.91 Å². The van der Waals surface area contributed by atoms with Crippen molar-refractivity contribution in [3.05, 3.63) is 59.9 Å². The van der Waals surface area contributed by atoms with Gasteiger partial charge in [0.25, 0.3) is 5.91 Å². The van der Waals surface area contributed by atoms with E-state index in [-0.39, 0.29) is 11.8 Å². The van der Waals surface area contributed by atoms with Gasteiger partial charge in [-0.1, -0.05) is 18.2 Å². The molecule has 0 radical (unpaired) electrons. The second kappa shape index (κ2) is 8.05. The van der Waals surface area contributed by atoms with E-state index < -0.39 is 6.04 Å². The summed E-state index contributed by atoms with van der Waals surface area (Å²) in [5.41, 5.74) is 3.86. The van der Waals surface area contributed by atoms with Crippen molar-refractivity contribution in [3.8, 4) is 0 Å². The molecule has 1 fully saturated rings. The lowest BCUT2D eigenvalue weighted by Crippen LogP contribution is -2.40. The lowest BCUT2D eigenvalue weighted by Gasteiger charge is -2.27. The first-order valence-electron chi connectivity index (χ1n) is 9.74. The molecule has 1 unspecified atom stereocenters. The second-order valence-corrected chi connectivity index (χ2v) is 7.24. The number of aromatic nitrogens is 2. The van der Waals surface area contributed by atoms with Crippen LogP contribution in [0.2, 0.25) is 0 Å². The molecule has 2 aromatic carbocycles. The lowest BCUT2D eigenvalue weighted by molar-refractivity contribution is -0.118. The number of benzene rings is 2. The fraction of sp³-hybridized carbons (Fsp3) is 0.318. The van der Waals surface area contributed by atoms with E-state index in [2.05, 4.69) is 10.3 Å². The quantitative estimate of drug-likeness (QED) is 0.741. The number of carbonyl (C=O) groups excluding carboxylic acids is 2. The van der Waals surface area contributed by atoms with Gasteiger partial charge < -0.3 is 19.5 Å². The van der Waals surface area contributed by atoms with Gasteiger partial charge in [0.05, 0.1) is 30.6 Å². The Kier molecular flexibility index (Phi) is 5.31. The predicted octanol–water partition coefficient (Wildman–Crippen LogP) is 3.02. The number of hydrogen-bond donors (Lipinski definition) is 1. The van der Waals surface area contributed by atoms with Crippen LogP contribution in [0.3, 0.4) is 0 Å². The molecule has 1 saturated heterocycles. The molecule has 4 rings (SSSR count). The number of morpholine rings is 1. The van der Waals surface area contributed by atoms with E-state index in [0.717, 1.165) is 16.6 Å². The fourth-order valence-corrected chi connectivity index (χ4v) is 3.49. The Morgan fingerprint density at radius 1 is 1.14 bits per heavy atom. The lowest BCUT2D eigenvalue weighted by atomic mass is 10.1. The van der Waals surface area contributed by atoms with Crippen LogP contribution in [0.25, 0.3) is 11.0 Å². The molecule has 2 amide bonds. The maximum absolute atomic E-state index is 12.9. The topological polar surface area (TPSA) is 76.5 Å². The SMILES string of the molecule is Cc1ccc(C(=O)N2CCOCC2)cc1NC(=O)C(C)n1cnc2ccccc21. The van der Waals surface area contributed by atoms with Gasteiger partial charge in [-0.05, 0) is 43.7 Å². The minimum Gasteiger partial charge on any atom is -0.378 e. The minimum absolute atomic E-state index is 0.0440. The van der Waals surface area contributed by atoms with Gasteiger partial charge >= 0.3 is 0 Å². The molecule has 1 aliphatic rings. The van der Waals surface area contributed by atoms with Crippen molar-refractivity contribution >= 4 is 28.5 Å². The number of anilines is 1. The average Bonchev–Trinajstić information content (AvgIpc) is 3.19. The van der Waals surface area contributed by atoms with Gasteiger partial charge in [0, 0.05) is 24.3 Å². The van der Waals surface area contributed by atoms with E-state index in [1.54, 1.807) is 23.4 Å². The third-order valence-electron chi connectivity index (χ3n) is 5.32. The van der Waals surface area contributed by atoms with Crippen LogP contribution in [0.4, 0.5) is 5.69 Å². The van der Waals surface area contributed by atoms with Gasteiger partial charge in [0.15, 0.2) is 0 Å². The molecule has 29 heavy (non-hydrogen) atoms. The van der Waals surface area contributed by atoms with E-state index in [1.165, 1.54) is 0 Å². The second-order valence-electron chi connectivity index (χ2n) is 7.24. The largest absolute Gasteiger partial charge is 0.378 e. The number of para-hydroxylation sites is 2. The summed E-state index contributed by atoms with van der Waals surface area (Å²) in [5.74, 6) is -0.204. The first kappa shape index (κ1) is 19.1. The highest BCUT2D eigenvalue weighted by Crippen LogP contribution is 2.22. The molecule has 1 N–H and O–H groups in total. The monoisotopic (exact) mass is 392 g/mol. The summed E-state index contributed by atoms with van der Waals surface area (Å²) in [4.78, 5) is 31.8. The van der Waals surface area contributed by atoms with Crippen molar-refractivity contribution in [2.75, 3.05) is 31.6 Å². The number of hydrogen-bond acceptors (Lipinski definition) is 4. The number of nitrogens with zero attached hydrogens (tertiary/aromatic N) is 3. The molecule has 1 aliphatic heterocycles. The predicted molar refractivity (Wildman–Crippen MR) is 111 cm³/mol. The zero-order valence-electron chi connectivity index (χ0n) is 16.6. The van der Waals surface area contributed by atoms with E-state index in [4.69, 9.17) is 4.74 Å². The summed E-state index contributed by atoms with van der Waals surface area (Å²) in [6.07, 6.45) is 1.68. The molecular formula is C22H24N4O3. The van der Waals surface area contributed by atoms with Gasteiger partial charge in [-0.25, -0.2) is 4.98 Å². The zero-order valence-corrected chi connectivity index (χ0v) is 16.6. The van der Waals surface area contributed by atoms with Crippen molar-refractivity contribution in [2.24, 2.45) is 0 Å². The number of carbonyl (C=O) groups is 2. The Hall–Kier alpha value is -3.19. The van der Waals surface area contributed by atoms with E-state index in [1.807, 2.05) is 48.7 Å². The van der Waals surface area contributed by atoms with Crippen LogP contribution < -0.4 is 5.32 Å². The molecule has 2 heterocycles. The van der Waals surface area contributed by atoms with Crippen LogP contribution in [0.15, 0.2) is 48.8 Å².